The largest absolute Gasteiger partial charge is 0.479 e. The molecular weight excluding hydrogens is 264 g/mol. The molecule has 0 aromatic carbocycles. The first kappa shape index (κ1) is 17.9. The molecule has 19 heavy (non-hydrogen) atoms. The van der Waals surface area contributed by atoms with Crippen LogP contribution in [0.15, 0.2) is 12.2 Å². The van der Waals surface area contributed by atoms with Crippen molar-refractivity contribution in [3.63, 3.8) is 0 Å². The van der Waals surface area contributed by atoms with Crippen LogP contribution in [-0.2, 0) is 4.79 Å². The Balaban J connectivity index is 4.11. The molecule has 1 N–H and O–H groups in total. The van der Waals surface area contributed by atoms with Crippen LogP contribution in [0.2, 0.25) is 0 Å². The van der Waals surface area contributed by atoms with E-state index in [1.807, 2.05) is 0 Å². The zero-order chi connectivity index (χ0) is 14.9. The van der Waals surface area contributed by atoms with E-state index in [2.05, 4.69) is 6.92 Å². The van der Waals surface area contributed by atoms with Gasteiger partial charge in [0.05, 0.1) is 0 Å². The van der Waals surface area contributed by atoms with Crippen molar-refractivity contribution in [3.05, 3.63) is 12.2 Å². The fourth-order valence-electron chi connectivity index (χ4n) is 1.55. The van der Waals surface area contributed by atoms with Gasteiger partial charge in [-0.3, -0.25) is 0 Å². The van der Waals surface area contributed by atoms with Gasteiger partial charge in [-0.15, -0.1) is 0 Å². The Bertz CT molecular complexity index is 300. The highest BCUT2D eigenvalue weighted by Gasteiger charge is 2.61. The summed E-state index contributed by atoms with van der Waals surface area (Å²) in [5.41, 5.74) is -4.19. The Morgan fingerprint density at radius 3 is 2.11 bits per heavy atom. The van der Waals surface area contributed by atoms with Gasteiger partial charge in [0.25, 0.3) is 0 Å². The summed E-state index contributed by atoms with van der Waals surface area (Å²) in [5, 5.41) is 8.34. The Morgan fingerprint density at radius 2 is 1.63 bits per heavy atom. The average Bonchev–Trinajstić information content (AvgIpc) is 2.30. The smallest absolute Gasteiger partial charge is 0.433 e. The number of hydrogen-bond acceptors (Lipinski definition) is 1. The van der Waals surface area contributed by atoms with E-state index in [0.717, 1.165) is 38.2 Å². The van der Waals surface area contributed by atoms with Gasteiger partial charge in [0.15, 0.2) is 0 Å². The zero-order valence-electron chi connectivity index (χ0n) is 11.0. The third-order valence-corrected chi connectivity index (χ3v) is 2.83. The Morgan fingerprint density at radius 1 is 1.05 bits per heavy atom. The van der Waals surface area contributed by atoms with Crippen molar-refractivity contribution in [1.82, 2.24) is 0 Å². The maximum Gasteiger partial charge on any atom is 0.433 e. The van der Waals surface area contributed by atoms with Crippen LogP contribution in [0.3, 0.4) is 0 Å². The van der Waals surface area contributed by atoms with Crippen molar-refractivity contribution in [3.8, 4) is 0 Å². The van der Waals surface area contributed by atoms with Gasteiger partial charge in [-0.05, 0) is 12.8 Å². The predicted octanol–water partition coefficient (Wildman–Crippen LogP) is 4.65. The number of carbonyl (C=O) groups is 1. The topological polar surface area (TPSA) is 37.3 Å². The molecule has 0 fully saturated rings. The summed E-state index contributed by atoms with van der Waals surface area (Å²) in [6.07, 6.45) is 1.40. The second-order valence-corrected chi connectivity index (χ2v) is 4.48. The van der Waals surface area contributed by atoms with Gasteiger partial charge in [-0.1, -0.05) is 44.8 Å². The minimum absolute atomic E-state index is 0.539. The Labute approximate surface area is 110 Å². The fourth-order valence-corrected chi connectivity index (χ4v) is 1.55. The molecule has 112 valence electrons. The summed E-state index contributed by atoms with van der Waals surface area (Å²) in [6.45, 7) is 2.07. The number of rotatable bonds is 9. The third kappa shape index (κ3) is 6.07. The van der Waals surface area contributed by atoms with Crippen molar-refractivity contribution in [2.24, 2.45) is 0 Å². The van der Waals surface area contributed by atoms with Crippen LogP contribution in [0.5, 0.6) is 0 Å². The maximum absolute atomic E-state index is 13.3. The van der Waals surface area contributed by atoms with Crippen molar-refractivity contribution in [1.29, 1.82) is 0 Å². The summed E-state index contributed by atoms with van der Waals surface area (Å²) in [6, 6.07) is 0. The predicted molar refractivity (Wildman–Crippen MR) is 64.7 cm³/mol. The molecular formula is C13H20F4O2. The first-order valence-electron chi connectivity index (χ1n) is 6.39. The SMILES string of the molecule is CCCCCCCC=CCC(F)(C(=O)O)C(F)(F)F. The van der Waals surface area contributed by atoms with Crippen molar-refractivity contribution < 1.29 is 27.5 Å². The lowest BCUT2D eigenvalue weighted by Gasteiger charge is -2.21. The molecule has 0 aliphatic carbocycles. The van der Waals surface area contributed by atoms with Crippen LogP contribution in [-0.4, -0.2) is 22.9 Å². The molecule has 0 aliphatic rings. The fraction of sp³-hybridized carbons (Fsp3) is 0.769. The molecule has 0 aromatic heterocycles. The van der Waals surface area contributed by atoms with Gasteiger partial charge >= 0.3 is 17.8 Å². The van der Waals surface area contributed by atoms with Crippen LogP contribution >= 0.6 is 0 Å². The molecule has 1 atom stereocenters. The summed E-state index contributed by atoms with van der Waals surface area (Å²) in [4.78, 5) is 10.4. The van der Waals surface area contributed by atoms with Crippen molar-refractivity contribution in [2.45, 2.75) is 63.7 Å². The number of halogens is 4. The number of carboxylic acids is 1. The molecule has 2 nitrogen and oxygen atoms in total. The normalized spacial score (nSPS) is 15.6. The van der Waals surface area contributed by atoms with E-state index in [9.17, 15) is 22.4 Å². The minimum Gasteiger partial charge on any atom is -0.479 e. The molecule has 0 aromatic rings. The van der Waals surface area contributed by atoms with Gasteiger partial charge < -0.3 is 5.11 Å². The van der Waals surface area contributed by atoms with E-state index in [-0.39, 0.29) is 0 Å². The van der Waals surface area contributed by atoms with E-state index >= 15 is 0 Å². The second-order valence-electron chi connectivity index (χ2n) is 4.48. The molecule has 0 aliphatic heterocycles. The molecule has 0 saturated heterocycles. The maximum atomic E-state index is 13.3. The van der Waals surface area contributed by atoms with Gasteiger partial charge in [0.1, 0.15) is 0 Å². The molecule has 0 amide bonds. The lowest BCUT2D eigenvalue weighted by atomic mass is 10.0. The van der Waals surface area contributed by atoms with E-state index in [1.165, 1.54) is 6.08 Å². The number of hydrogen-bond donors (Lipinski definition) is 1. The standard InChI is InChI=1S/C13H20F4O2/c1-2-3-4-5-6-7-8-9-10-12(14,11(18)19)13(15,16)17/h8-9H,2-7,10H2,1H3,(H,18,19). The molecule has 6 heteroatoms. The van der Waals surface area contributed by atoms with Gasteiger partial charge in [-0.25, -0.2) is 9.18 Å². The highest BCUT2D eigenvalue weighted by Crippen LogP contribution is 2.37. The van der Waals surface area contributed by atoms with E-state index in [1.54, 1.807) is 0 Å². The molecule has 0 bridgehead atoms. The van der Waals surface area contributed by atoms with Crippen LogP contribution in [0.1, 0.15) is 51.9 Å². The molecule has 0 spiro atoms. The van der Waals surface area contributed by atoms with E-state index in [0.29, 0.717) is 6.42 Å². The average molecular weight is 284 g/mol. The van der Waals surface area contributed by atoms with Crippen LogP contribution in [0.25, 0.3) is 0 Å². The molecule has 1 unspecified atom stereocenters. The van der Waals surface area contributed by atoms with E-state index in [4.69, 9.17) is 5.11 Å². The zero-order valence-corrected chi connectivity index (χ0v) is 11.0. The number of allylic oxidation sites excluding steroid dienone is 2. The first-order valence-corrected chi connectivity index (χ1v) is 6.39. The number of carboxylic acid groups (broad SMARTS) is 1. The molecule has 0 saturated carbocycles. The van der Waals surface area contributed by atoms with Crippen LogP contribution in [0, 0.1) is 0 Å². The monoisotopic (exact) mass is 284 g/mol. The lowest BCUT2D eigenvalue weighted by Crippen LogP contribution is -2.47. The van der Waals surface area contributed by atoms with E-state index < -0.39 is 24.2 Å². The van der Waals surface area contributed by atoms with Crippen LogP contribution < -0.4 is 0 Å². The molecule has 0 heterocycles. The Kier molecular flexibility index (Phi) is 7.71. The number of aliphatic carboxylic acids is 1. The first-order chi connectivity index (χ1) is 8.75. The van der Waals surface area contributed by atoms with Gasteiger partial charge in [0.2, 0.25) is 0 Å². The minimum atomic E-state index is -5.40. The number of alkyl halides is 4. The third-order valence-electron chi connectivity index (χ3n) is 2.83. The Hall–Kier alpha value is -1.07. The van der Waals surface area contributed by atoms with Crippen molar-refractivity contribution >= 4 is 5.97 Å². The van der Waals surface area contributed by atoms with Gasteiger partial charge in [-0.2, -0.15) is 13.2 Å². The quantitative estimate of drug-likeness (QED) is 0.380. The number of unbranched alkanes of at least 4 members (excludes halogenated alkanes) is 5. The van der Waals surface area contributed by atoms with Crippen molar-refractivity contribution in [2.75, 3.05) is 0 Å². The molecule has 0 radical (unpaired) electrons. The summed E-state index contributed by atoms with van der Waals surface area (Å²) in [5.74, 6) is -2.49. The lowest BCUT2D eigenvalue weighted by molar-refractivity contribution is -0.235. The van der Waals surface area contributed by atoms with Gasteiger partial charge in [0, 0.05) is 6.42 Å². The summed E-state index contributed by atoms with van der Waals surface area (Å²) < 4.78 is 50.2. The summed E-state index contributed by atoms with van der Waals surface area (Å²) in [7, 11) is 0. The van der Waals surface area contributed by atoms with Crippen LogP contribution in [0.4, 0.5) is 17.6 Å². The second kappa shape index (κ2) is 8.17. The molecule has 0 rings (SSSR count). The summed E-state index contributed by atoms with van der Waals surface area (Å²) >= 11 is 0. The highest BCUT2D eigenvalue weighted by atomic mass is 19.4. The highest BCUT2D eigenvalue weighted by molar-refractivity contribution is 5.78.